The van der Waals surface area contributed by atoms with E-state index in [2.05, 4.69) is 127 Å². The van der Waals surface area contributed by atoms with Gasteiger partial charge in [-0.15, -0.1) is 0 Å². The molecule has 0 bridgehead atoms. The number of aromatic nitrogens is 4. The number of aliphatic hydroxyl groups is 3. The van der Waals surface area contributed by atoms with E-state index in [1.807, 2.05) is 28.0 Å². The number of aliphatic hydroxyl groups excluding tert-OH is 3. The van der Waals surface area contributed by atoms with Crippen LogP contribution in [-0.2, 0) is 39.0 Å². The first-order valence-corrected chi connectivity index (χ1v) is 52.6. The Morgan fingerprint density at radius 3 is 1.03 bits per heavy atom. The molecule has 28 nitrogen and oxygen atoms in total. The molecule has 126 heavy (non-hydrogen) atoms. The number of carboxylic acids is 1. The van der Waals surface area contributed by atoms with Crippen LogP contribution in [0, 0.1) is 0 Å². The number of carboxylic acid groups (broad SMARTS) is 1. The predicted octanol–water partition coefficient (Wildman–Crippen LogP) is 15.5. The Hall–Kier alpha value is -9.68. The second-order valence-corrected chi connectivity index (χ2v) is 50.8. The van der Waals surface area contributed by atoms with Gasteiger partial charge in [0.05, 0.1) is 93.1 Å². The number of likely N-dealkylation sites (tertiary alicyclic amines) is 3. The highest BCUT2D eigenvalue weighted by Crippen LogP contribution is 2.40. The van der Waals surface area contributed by atoms with Crippen LogP contribution >= 0.6 is 0 Å². The van der Waals surface area contributed by atoms with Crippen LogP contribution in [0.2, 0.25) is 54.4 Å². The number of pyridine rings is 4. The Balaban J connectivity index is 0.000000246. The molecule has 4 aliphatic heterocycles. The third-order valence-corrected chi connectivity index (χ3v) is 38.1. The molecule has 3 amide bonds. The summed E-state index contributed by atoms with van der Waals surface area (Å²) in [5.74, 6) is -1.16. The Kier molecular flexibility index (Phi) is 42.3. The summed E-state index contributed by atoms with van der Waals surface area (Å²) >= 11 is 0. The summed E-state index contributed by atoms with van der Waals surface area (Å²) in [5.41, 5.74) is 4.88. The van der Waals surface area contributed by atoms with Crippen molar-refractivity contribution in [1.82, 2.24) is 40.0 Å². The smallest absolute Gasteiger partial charge is 0.337 e. The van der Waals surface area contributed by atoms with E-state index >= 15 is 0 Å². The fourth-order valence-corrected chi connectivity index (χ4v) is 16.9. The van der Waals surface area contributed by atoms with Gasteiger partial charge in [0.15, 0.2) is 43.8 Å². The SMILES string of the molecule is CC(C)(C)[Si](C)(C)OCCc1ncccc1C(=O)N1CCCC[C@@H]1CO.CC(C)(C)[Si](C)(C)OCCc1ncccc1C(=O)N1CCCC[C@@H]1COc1cccc(O)c1C=O.CC(C)(C)[Si](C)(C)OCCc1ncccc1C(=O)O.O=Cc1c(O)cccc1O.O=Cc1c(O)cccc1OC[C@H]1CCCCN1C(=O)c1cccnc1CCO.OC[C@H]1CCCCN1. The maximum absolute atomic E-state index is 13.6. The number of hydrogen-bond donors (Lipinski definition) is 9. The first-order chi connectivity index (χ1) is 59.7. The number of aromatic carboxylic acids is 1. The molecule has 4 saturated heterocycles. The third-order valence-electron chi connectivity index (χ3n) is 24.5. The molecule has 9 N–H and O–H groups in total. The number of piperidine rings is 4. The van der Waals surface area contributed by atoms with Gasteiger partial charge in [0.2, 0.25) is 0 Å². The second kappa shape index (κ2) is 50.8. The summed E-state index contributed by atoms with van der Waals surface area (Å²) in [6, 6.07) is 27.5. The monoisotopic (exact) mass is 1790 g/mol. The maximum Gasteiger partial charge on any atom is 0.337 e. The minimum atomic E-state index is -1.88. The van der Waals surface area contributed by atoms with Gasteiger partial charge >= 0.3 is 5.97 Å². The number of ether oxygens (including phenoxy) is 2. The van der Waals surface area contributed by atoms with Gasteiger partial charge in [-0.05, 0) is 216 Å². The molecule has 4 atom stereocenters. The molecule has 0 spiro atoms. The summed E-state index contributed by atoms with van der Waals surface area (Å²) in [6.45, 7) is 38.5. The number of hydrogen-bond acceptors (Lipinski definition) is 24. The predicted molar refractivity (Wildman–Crippen MR) is 494 cm³/mol. The van der Waals surface area contributed by atoms with Gasteiger partial charge in [-0.1, -0.05) is 86.9 Å². The van der Waals surface area contributed by atoms with E-state index in [4.69, 9.17) is 43.2 Å². The number of amides is 3. The average Bonchev–Trinajstić information content (AvgIpc) is 0.802. The zero-order valence-corrected chi connectivity index (χ0v) is 79.6. The molecule has 4 aliphatic rings. The lowest BCUT2D eigenvalue weighted by Gasteiger charge is -2.36. The van der Waals surface area contributed by atoms with E-state index in [1.165, 1.54) is 43.2 Å². The largest absolute Gasteiger partial charge is 0.507 e. The molecule has 0 saturated carbocycles. The van der Waals surface area contributed by atoms with Gasteiger partial charge in [0.25, 0.3) is 17.7 Å². The summed E-state index contributed by atoms with van der Waals surface area (Å²) in [4.78, 5) is 106. The number of nitrogens with one attached hydrogen (secondary N) is 1. The first kappa shape index (κ1) is 105. The summed E-state index contributed by atoms with van der Waals surface area (Å²) in [5, 5.41) is 77.7. The number of carbonyl (C=O) groups excluding carboxylic acids is 6. The Morgan fingerprint density at radius 2 is 0.730 bits per heavy atom. The highest BCUT2D eigenvalue weighted by Gasteiger charge is 2.41. The van der Waals surface area contributed by atoms with Crippen molar-refractivity contribution in [3.8, 4) is 34.5 Å². The number of carbonyl (C=O) groups is 7. The number of rotatable bonds is 29. The molecule has 0 radical (unpaired) electrons. The normalized spacial score (nSPS) is 16.8. The van der Waals surface area contributed by atoms with E-state index in [0.29, 0.717) is 136 Å². The molecule has 31 heteroatoms. The van der Waals surface area contributed by atoms with Gasteiger partial charge in [-0.2, -0.15) is 0 Å². The Bertz CT molecular complexity index is 4590. The minimum absolute atomic E-state index is 0.0147. The molecular weight excluding hydrogens is 1660 g/mol. The highest BCUT2D eigenvalue weighted by molar-refractivity contribution is 6.75. The number of nitrogens with zero attached hydrogens (tertiary/aromatic N) is 7. The number of benzene rings is 3. The van der Waals surface area contributed by atoms with Crippen molar-refractivity contribution >= 4 is 67.5 Å². The molecule has 3 aromatic carbocycles. The van der Waals surface area contributed by atoms with Crippen molar-refractivity contribution in [3.63, 3.8) is 0 Å². The zero-order chi connectivity index (χ0) is 93.0. The van der Waals surface area contributed by atoms with Gasteiger partial charge < -0.3 is 83.6 Å². The van der Waals surface area contributed by atoms with Crippen LogP contribution in [-0.4, -0.2) is 246 Å². The zero-order valence-electron chi connectivity index (χ0n) is 76.6. The van der Waals surface area contributed by atoms with Crippen LogP contribution < -0.4 is 14.8 Å². The standard InChI is InChI=1S/C27H38N2O5Si.C21H24N2O5.C20H34N2O3Si.C14H23NO3Si.C7H6O3.C6H13NO/c1-27(2,3)35(4,5)34-17-14-23-21(11-9-15-28-23)26(32)29-16-7-6-10-20(29)19-33-25-13-8-12-24(31)22(25)18-30;24-12-9-18-16(6-4-10-22-18)21(27)23-11-2-1-5-15(23)14-28-20-8-3-7-19(26)17(20)13-25;1-20(2,3)26(4,5)25-14-11-18-17(10-8-12-21-18)19(24)22-13-7-6-9-16(22)15-23;1-14(2,3)19(4,5)18-10-8-12-11(13(16)17)7-6-9-15-12;8-4-5-6(9)2-1-3-7(5)10;8-5-6-3-1-2-4-7-6/h8-9,11-13,15,18,20,31H,6-7,10,14,16-17,19H2,1-5H3;3-4,6-8,10,13,15,24,26H,1-2,5,9,11-12,14H2;8,10,12,16,23H,6-7,9,11,13-15H2,1-5H3;6-7,9H,8,10H2,1-5H3,(H,16,17);1-4,9-10H;6-8H,1-5H2/t20-;15-;16-;;;6-/m111..1/s1. The Morgan fingerprint density at radius 1 is 0.413 bits per heavy atom. The van der Waals surface area contributed by atoms with E-state index < -0.39 is 30.9 Å². The lowest BCUT2D eigenvalue weighted by Crippen LogP contribution is -2.47. The van der Waals surface area contributed by atoms with Gasteiger partial charge in [0, 0.05) is 103 Å². The molecular formula is C95H138N8O20Si3. The Labute approximate surface area is 747 Å². The van der Waals surface area contributed by atoms with Crippen LogP contribution in [0.25, 0.3) is 0 Å². The molecule has 690 valence electrons. The maximum atomic E-state index is 13.6. The molecule has 0 aliphatic carbocycles. The lowest BCUT2D eigenvalue weighted by molar-refractivity contribution is 0.0499. The van der Waals surface area contributed by atoms with Crippen LogP contribution in [0.4, 0.5) is 0 Å². The molecule has 4 aromatic heterocycles. The number of aromatic hydroxyl groups is 4. The van der Waals surface area contributed by atoms with Crippen LogP contribution in [0.3, 0.4) is 0 Å². The number of phenols is 4. The van der Waals surface area contributed by atoms with E-state index in [-0.39, 0.29) is 123 Å². The van der Waals surface area contributed by atoms with Crippen molar-refractivity contribution in [3.05, 3.63) is 190 Å². The molecule has 8 heterocycles. The van der Waals surface area contributed by atoms with Crippen molar-refractivity contribution < 1.29 is 97.2 Å². The molecule has 4 fully saturated rings. The van der Waals surface area contributed by atoms with E-state index in [9.17, 15) is 54.0 Å². The third kappa shape index (κ3) is 31.4. The van der Waals surface area contributed by atoms with Crippen molar-refractivity contribution in [2.75, 3.05) is 79.0 Å². The minimum Gasteiger partial charge on any atom is -0.507 e. The lowest BCUT2D eigenvalue weighted by atomic mass is 10.0. The van der Waals surface area contributed by atoms with Crippen molar-refractivity contribution in [2.24, 2.45) is 0 Å². The quantitative estimate of drug-likeness (QED) is 0.0155. The summed E-state index contributed by atoms with van der Waals surface area (Å²) < 4.78 is 30.3. The number of phenolic OH excluding ortho intramolecular Hbond substituents is 4. The van der Waals surface area contributed by atoms with Gasteiger partial charge in [-0.25, -0.2) is 4.79 Å². The molecule has 0 unspecified atom stereocenters. The second-order valence-electron chi connectivity index (χ2n) is 36.4. The van der Waals surface area contributed by atoms with E-state index in [0.717, 1.165) is 82.1 Å². The first-order valence-electron chi connectivity index (χ1n) is 43.9. The van der Waals surface area contributed by atoms with Crippen molar-refractivity contribution in [2.45, 2.75) is 244 Å². The van der Waals surface area contributed by atoms with E-state index in [1.54, 1.807) is 84.3 Å². The summed E-state index contributed by atoms with van der Waals surface area (Å²) in [7, 11) is -5.47. The van der Waals surface area contributed by atoms with Gasteiger partial charge in [0.1, 0.15) is 47.7 Å². The fraction of sp³-hybridized carbons (Fsp3) is 0.526. The van der Waals surface area contributed by atoms with Crippen molar-refractivity contribution in [1.29, 1.82) is 0 Å². The van der Waals surface area contributed by atoms with Crippen LogP contribution in [0.1, 0.15) is 235 Å². The fourth-order valence-electron chi connectivity index (χ4n) is 13.8. The number of aldehydes is 3. The molecule has 11 rings (SSSR count). The molecule has 7 aromatic rings. The van der Waals surface area contributed by atoms with Crippen LogP contribution in [0.5, 0.6) is 34.5 Å². The average molecular weight is 1800 g/mol. The van der Waals surface area contributed by atoms with Gasteiger partial charge in [-0.3, -0.25) is 48.7 Å². The van der Waals surface area contributed by atoms with Crippen LogP contribution in [0.15, 0.2) is 128 Å². The topological polar surface area (TPSA) is 401 Å². The highest BCUT2D eigenvalue weighted by atomic mass is 28.4. The summed E-state index contributed by atoms with van der Waals surface area (Å²) in [6.07, 6.45) is 22.3.